The third-order valence-corrected chi connectivity index (χ3v) is 10.7. The normalized spacial score (nSPS) is 20.4. The molecule has 5 rings (SSSR count). The Hall–Kier alpha value is -3.73. The highest BCUT2D eigenvalue weighted by atomic mass is 28.4. The van der Waals surface area contributed by atoms with Gasteiger partial charge in [0.15, 0.2) is 6.61 Å². The van der Waals surface area contributed by atoms with E-state index in [9.17, 15) is 14.7 Å². The van der Waals surface area contributed by atoms with Crippen molar-refractivity contribution in [3.8, 4) is 11.5 Å². The number of carbonyl (C=O) groups excluding carboxylic acids is 2. The summed E-state index contributed by atoms with van der Waals surface area (Å²) in [7, 11) is -1.84. The first-order chi connectivity index (χ1) is 20.6. The van der Waals surface area contributed by atoms with Crippen LogP contribution in [0.1, 0.15) is 30.6 Å². The van der Waals surface area contributed by atoms with Gasteiger partial charge < -0.3 is 28.3 Å². The summed E-state index contributed by atoms with van der Waals surface area (Å²) >= 11 is 0. The second-order valence-corrected chi connectivity index (χ2v) is 15.6. The minimum atomic E-state index is -3.45. The maximum absolute atomic E-state index is 16.1. The highest BCUT2D eigenvalue weighted by Gasteiger charge is 2.49. The first-order valence-corrected chi connectivity index (χ1v) is 17.6. The Morgan fingerprint density at radius 3 is 2.53 bits per heavy atom. The molecule has 0 saturated heterocycles. The Morgan fingerprint density at radius 1 is 1.12 bits per heavy atom. The lowest BCUT2D eigenvalue weighted by Gasteiger charge is -2.43. The van der Waals surface area contributed by atoms with Crippen LogP contribution in [0.3, 0.4) is 0 Å². The van der Waals surface area contributed by atoms with E-state index in [-0.39, 0.29) is 43.9 Å². The van der Waals surface area contributed by atoms with Gasteiger partial charge in [0.05, 0.1) is 18.4 Å². The number of hydrogen-bond donors (Lipinski definition) is 1. The monoisotopic (exact) mass is 606 g/mol. The van der Waals surface area contributed by atoms with Gasteiger partial charge in [0.1, 0.15) is 17.6 Å². The van der Waals surface area contributed by atoms with E-state index in [1.165, 1.54) is 0 Å². The van der Waals surface area contributed by atoms with Crippen LogP contribution in [0.2, 0.25) is 18.6 Å². The van der Waals surface area contributed by atoms with Crippen LogP contribution in [0, 0.1) is 5.92 Å². The number of carbonyl (C=O) groups is 2. The van der Waals surface area contributed by atoms with Crippen molar-refractivity contribution in [3.63, 3.8) is 0 Å². The summed E-state index contributed by atoms with van der Waals surface area (Å²) in [6, 6.07) is 22.4. The second kappa shape index (κ2) is 12.9. The second-order valence-electron chi connectivity index (χ2n) is 11.7. The number of hydrogen-bond acceptors (Lipinski definition) is 6. The molecule has 0 bridgehead atoms. The number of aliphatic hydroxyl groups is 1. The van der Waals surface area contributed by atoms with Crippen molar-refractivity contribution in [1.82, 2.24) is 4.90 Å². The molecule has 0 aromatic heterocycles. The van der Waals surface area contributed by atoms with E-state index in [1.54, 1.807) is 42.1 Å². The standard InChI is InChI=1S/C33H39FN2O6Si/c1-22-32(40-2)25-18-24(36-26-12-8-9-13-28(26)41-21-31(36)39)14-15-27(25)42-33(22)29(43(3,4)34)19-30(38)35(16-17-37)20-23-10-6-5-7-11-23/h5-15,18,22,29,32-33,37H,16-17,19-21H2,1-4H3/t22-,29?,32-,33-/m1/s1. The van der Waals surface area contributed by atoms with Gasteiger partial charge in [-0.25, -0.2) is 0 Å². The number of anilines is 2. The Kier molecular flexibility index (Phi) is 9.19. The predicted molar refractivity (Wildman–Crippen MR) is 165 cm³/mol. The molecule has 3 aromatic rings. The molecule has 10 heteroatoms. The zero-order valence-corrected chi connectivity index (χ0v) is 26.0. The molecule has 0 saturated carbocycles. The average Bonchev–Trinajstić information content (AvgIpc) is 2.99. The van der Waals surface area contributed by atoms with Gasteiger partial charge in [-0.2, -0.15) is 0 Å². The largest absolute Gasteiger partial charge is 0.490 e. The topological polar surface area (TPSA) is 88.5 Å². The molecule has 1 unspecified atom stereocenters. The van der Waals surface area contributed by atoms with E-state index in [1.807, 2.05) is 67.6 Å². The van der Waals surface area contributed by atoms with Crippen molar-refractivity contribution in [1.29, 1.82) is 0 Å². The number of aliphatic hydroxyl groups excluding tert-OH is 1. The molecule has 1 N–H and O–H groups in total. The van der Waals surface area contributed by atoms with E-state index in [4.69, 9.17) is 14.2 Å². The van der Waals surface area contributed by atoms with E-state index >= 15 is 4.11 Å². The lowest BCUT2D eigenvalue weighted by atomic mass is 9.86. The van der Waals surface area contributed by atoms with Crippen LogP contribution in [-0.4, -0.2) is 63.2 Å². The molecule has 8 nitrogen and oxygen atoms in total. The van der Waals surface area contributed by atoms with E-state index in [0.29, 0.717) is 29.4 Å². The van der Waals surface area contributed by atoms with Crippen molar-refractivity contribution >= 4 is 31.6 Å². The van der Waals surface area contributed by atoms with Gasteiger partial charge in [0.25, 0.3) is 5.91 Å². The summed E-state index contributed by atoms with van der Waals surface area (Å²) in [5, 5.41) is 9.68. The van der Waals surface area contributed by atoms with Crippen LogP contribution >= 0.6 is 0 Å². The molecule has 4 atom stereocenters. The molecule has 2 heterocycles. The van der Waals surface area contributed by atoms with Crippen LogP contribution in [0.5, 0.6) is 11.5 Å². The molecular formula is C33H39FN2O6Si. The first kappa shape index (κ1) is 30.7. The third kappa shape index (κ3) is 6.46. The quantitative estimate of drug-likeness (QED) is 0.232. The Balaban J connectivity index is 1.43. The zero-order chi connectivity index (χ0) is 30.7. The van der Waals surface area contributed by atoms with Crippen molar-refractivity contribution in [2.45, 2.75) is 50.7 Å². The molecule has 0 radical (unpaired) electrons. The summed E-state index contributed by atoms with van der Waals surface area (Å²) in [5.41, 5.74) is 2.34. The number of nitrogens with zero attached hydrogens (tertiary/aromatic N) is 2. The zero-order valence-electron chi connectivity index (χ0n) is 25.0. The molecule has 0 fully saturated rings. The van der Waals surface area contributed by atoms with Crippen LogP contribution in [0.25, 0.3) is 0 Å². The number of methoxy groups -OCH3 is 1. The average molecular weight is 607 g/mol. The molecule has 2 amide bonds. The minimum absolute atomic E-state index is 0.0412. The smallest absolute Gasteiger partial charge is 0.269 e. The number of rotatable bonds is 10. The summed E-state index contributed by atoms with van der Waals surface area (Å²) in [6.45, 7) is 5.40. The fraction of sp³-hybridized carbons (Fsp3) is 0.394. The number of benzene rings is 3. The highest BCUT2D eigenvalue weighted by molar-refractivity contribution is 6.72. The SMILES string of the molecule is CO[C@H]1c2cc(N3C(=O)COc4ccccc43)ccc2O[C@@H](C(CC(=O)N(CCO)Cc2ccccc2)[Si](C)(C)F)[C@@H]1C. The number of halogens is 1. The minimum Gasteiger partial charge on any atom is -0.490 e. The van der Waals surface area contributed by atoms with Crippen LogP contribution in [0.4, 0.5) is 15.5 Å². The Morgan fingerprint density at radius 2 is 1.84 bits per heavy atom. The lowest BCUT2D eigenvalue weighted by molar-refractivity contribution is -0.133. The van der Waals surface area contributed by atoms with Crippen LogP contribution < -0.4 is 14.4 Å². The fourth-order valence-electron chi connectivity index (χ4n) is 6.17. The molecule has 228 valence electrons. The van der Waals surface area contributed by atoms with Crippen molar-refractivity contribution < 1.29 is 33.0 Å². The Bertz CT molecular complexity index is 1450. The molecule has 0 aliphatic carbocycles. The number of fused-ring (bicyclic) bond motifs is 2. The maximum Gasteiger partial charge on any atom is 0.269 e. The van der Waals surface area contributed by atoms with Crippen molar-refractivity contribution in [3.05, 3.63) is 83.9 Å². The predicted octanol–water partition coefficient (Wildman–Crippen LogP) is 5.78. The van der Waals surface area contributed by atoms with Gasteiger partial charge in [-0.3, -0.25) is 14.5 Å². The number of amides is 2. The van der Waals surface area contributed by atoms with Gasteiger partial charge in [0.2, 0.25) is 14.3 Å². The Labute approximate surface area is 253 Å². The van der Waals surface area contributed by atoms with Crippen molar-refractivity contribution in [2.24, 2.45) is 5.92 Å². The summed E-state index contributed by atoms with van der Waals surface area (Å²) in [4.78, 5) is 29.8. The van der Waals surface area contributed by atoms with E-state index < -0.39 is 26.2 Å². The van der Waals surface area contributed by atoms with Gasteiger partial charge >= 0.3 is 0 Å². The molecule has 2 aliphatic heterocycles. The lowest BCUT2D eigenvalue weighted by Crippen LogP contribution is -2.48. The molecule has 3 aromatic carbocycles. The van der Waals surface area contributed by atoms with Gasteiger partial charge in [-0.15, -0.1) is 0 Å². The van der Waals surface area contributed by atoms with Crippen LogP contribution in [0.15, 0.2) is 72.8 Å². The summed E-state index contributed by atoms with van der Waals surface area (Å²) in [6.07, 6.45) is -1.11. The molecule has 0 spiro atoms. The highest BCUT2D eigenvalue weighted by Crippen LogP contribution is 2.49. The molecule has 43 heavy (non-hydrogen) atoms. The third-order valence-electron chi connectivity index (χ3n) is 8.39. The molecular weight excluding hydrogens is 567 g/mol. The van der Waals surface area contributed by atoms with Crippen molar-refractivity contribution in [2.75, 3.05) is 31.8 Å². The van der Waals surface area contributed by atoms with Gasteiger partial charge in [-0.1, -0.05) is 49.4 Å². The summed E-state index contributed by atoms with van der Waals surface area (Å²) < 4.78 is 34.2. The first-order valence-electron chi connectivity index (χ1n) is 14.6. The fourth-order valence-corrected chi connectivity index (χ4v) is 7.99. The van der Waals surface area contributed by atoms with Gasteiger partial charge in [0, 0.05) is 49.3 Å². The summed E-state index contributed by atoms with van der Waals surface area (Å²) in [5.74, 6) is 0.456. The van der Waals surface area contributed by atoms with Crippen LogP contribution in [-0.2, 0) is 20.9 Å². The van der Waals surface area contributed by atoms with E-state index in [0.717, 1.165) is 11.1 Å². The van der Waals surface area contributed by atoms with Gasteiger partial charge in [-0.05, 0) is 49.0 Å². The van der Waals surface area contributed by atoms with E-state index in [2.05, 4.69) is 0 Å². The molecule has 2 aliphatic rings. The number of ether oxygens (including phenoxy) is 3. The maximum atomic E-state index is 16.1. The number of para-hydroxylation sites is 2.